The zero-order valence-corrected chi connectivity index (χ0v) is 20.4. The summed E-state index contributed by atoms with van der Waals surface area (Å²) in [5.41, 5.74) is 0. The van der Waals surface area contributed by atoms with Gasteiger partial charge in [-0.05, 0) is 53.6 Å². The van der Waals surface area contributed by atoms with Gasteiger partial charge in [0.15, 0.2) is 0 Å². The Kier molecular flexibility index (Phi) is 19.7. The smallest absolute Gasteiger partial charge is 0.462 e. The van der Waals surface area contributed by atoms with Crippen molar-refractivity contribution < 1.29 is 23.8 Å². The summed E-state index contributed by atoms with van der Waals surface area (Å²) in [5, 5.41) is 0. The van der Waals surface area contributed by atoms with Crippen molar-refractivity contribution in [1.82, 2.24) is 4.90 Å². The third-order valence-corrected chi connectivity index (χ3v) is 5.08. The Balaban J connectivity index is 4.14. The van der Waals surface area contributed by atoms with Gasteiger partial charge >= 0.3 is 12.1 Å². The SMILES string of the molecule is [CH2]C([CH2])OC(=O)CCC(CCCCCCCCCCCC)OC(=O)OCCCN(C)C. The highest BCUT2D eigenvalue weighted by molar-refractivity contribution is 5.69. The number of rotatable bonds is 20. The quantitative estimate of drug-likeness (QED) is 0.167. The molecule has 6 heteroatoms. The molecule has 0 aromatic rings. The molecule has 0 aliphatic heterocycles. The van der Waals surface area contributed by atoms with E-state index < -0.39 is 12.3 Å². The third kappa shape index (κ3) is 21.7. The van der Waals surface area contributed by atoms with Gasteiger partial charge in [0, 0.05) is 13.0 Å². The highest BCUT2D eigenvalue weighted by Crippen LogP contribution is 2.16. The normalized spacial score (nSPS) is 12.2. The van der Waals surface area contributed by atoms with Crippen LogP contribution in [0.4, 0.5) is 4.79 Å². The van der Waals surface area contributed by atoms with Gasteiger partial charge < -0.3 is 19.1 Å². The summed E-state index contributed by atoms with van der Waals surface area (Å²) in [7, 11) is 3.95. The van der Waals surface area contributed by atoms with Crippen molar-refractivity contribution >= 4 is 12.1 Å². The summed E-state index contributed by atoms with van der Waals surface area (Å²) in [5.74, 6) is -0.369. The second-order valence-electron chi connectivity index (χ2n) is 8.62. The predicted octanol–water partition coefficient (Wildman–Crippen LogP) is 6.13. The van der Waals surface area contributed by atoms with E-state index in [0.29, 0.717) is 13.0 Å². The lowest BCUT2D eigenvalue weighted by Crippen LogP contribution is -2.22. The summed E-state index contributed by atoms with van der Waals surface area (Å²) in [6, 6.07) is 0. The lowest BCUT2D eigenvalue weighted by molar-refractivity contribution is -0.146. The highest BCUT2D eigenvalue weighted by Gasteiger charge is 2.18. The minimum atomic E-state index is -0.656. The van der Waals surface area contributed by atoms with E-state index in [1.807, 2.05) is 19.0 Å². The van der Waals surface area contributed by atoms with Crippen molar-refractivity contribution in [2.45, 2.75) is 109 Å². The van der Waals surface area contributed by atoms with E-state index in [1.165, 1.54) is 51.4 Å². The second-order valence-corrected chi connectivity index (χ2v) is 8.62. The van der Waals surface area contributed by atoms with E-state index in [1.54, 1.807) is 0 Å². The van der Waals surface area contributed by atoms with Crippen LogP contribution in [0, 0.1) is 13.8 Å². The first-order valence-electron chi connectivity index (χ1n) is 12.2. The van der Waals surface area contributed by atoms with Crippen LogP contribution in [-0.2, 0) is 19.0 Å². The van der Waals surface area contributed by atoms with Gasteiger partial charge in [0.2, 0.25) is 0 Å². The number of esters is 1. The molecule has 0 N–H and O–H groups in total. The third-order valence-electron chi connectivity index (χ3n) is 5.08. The molecule has 0 heterocycles. The van der Waals surface area contributed by atoms with Crippen molar-refractivity contribution in [3.05, 3.63) is 13.8 Å². The predicted molar refractivity (Wildman–Crippen MR) is 126 cm³/mol. The van der Waals surface area contributed by atoms with Gasteiger partial charge in [-0.15, -0.1) is 0 Å². The van der Waals surface area contributed by atoms with Crippen LogP contribution in [0.25, 0.3) is 0 Å². The average molecular weight is 442 g/mol. The van der Waals surface area contributed by atoms with Crippen molar-refractivity contribution in [3.63, 3.8) is 0 Å². The molecule has 2 radical (unpaired) electrons. The topological polar surface area (TPSA) is 65.1 Å². The highest BCUT2D eigenvalue weighted by atomic mass is 16.7. The summed E-state index contributed by atoms with van der Waals surface area (Å²) in [6.07, 6.45) is 13.0. The minimum absolute atomic E-state index is 0.178. The minimum Gasteiger partial charge on any atom is -0.462 e. The van der Waals surface area contributed by atoms with Crippen LogP contribution in [-0.4, -0.2) is 56.5 Å². The van der Waals surface area contributed by atoms with Crippen LogP contribution >= 0.6 is 0 Å². The number of unbranched alkanes of at least 4 members (excludes halogenated alkanes) is 9. The zero-order valence-electron chi connectivity index (χ0n) is 20.4. The molecule has 6 nitrogen and oxygen atoms in total. The molecule has 0 spiro atoms. The van der Waals surface area contributed by atoms with Gasteiger partial charge in [0.25, 0.3) is 0 Å². The van der Waals surface area contributed by atoms with Crippen LogP contribution in [0.2, 0.25) is 0 Å². The number of hydrogen-bond acceptors (Lipinski definition) is 6. The van der Waals surface area contributed by atoms with Gasteiger partial charge in [0.05, 0.1) is 6.61 Å². The molecule has 0 rings (SSSR count). The lowest BCUT2D eigenvalue weighted by Gasteiger charge is -2.18. The van der Waals surface area contributed by atoms with Crippen molar-refractivity contribution in [2.24, 2.45) is 0 Å². The summed E-state index contributed by atoms with van der Waals surface area (Å²) in [4.78, 5) is 25.8. The second kappa shape index (κ2) is 20.6. The fourth-order valence-corrected chi connectivity index (χ4v) is 3.35. The Labute approximate surface area is 191 Å². The van der Waals surface area contributed by atoms with Crippen LogP contribution in [0.3, 0.4) is 0 Å². The summed E-state index contributed by atoms with van der Waals surface area (Å²) >= 11 is 0. The maximum Gasteiger partial charge on any atom is 0.508 e. The summed E-state index contributed by atoms with van der Waals surface area (Å²) in [6.45, 7) is 10.5. The summed E-state index contributed by atoms with van der Waals surface area (Å²) < 4.78 is 15.6. The molecule has 0 aliphatic carbocycles. The van der Waals surface area contributed by atoms with E-state index >= 15 is 0 Å². The Morgan fingerprint density at radius 3 is 1.94 bits per heavy atom. The Morgan fingerprint density at radius 1 is 0.806 bits per heavy atom. The zero-order chi connectivity index (χ0) is 23.3. The van der Waals surface area contributed by atoms with E-state index in [4.69, 9.17) is 14.2 Å². The van der Waals surface area contributed by atoms with Crippen LogP contribution in [0.1, 0.15) is 96.8 Å². The molecular formula is C25H47NO5. The van der Waals surface area contributed by atoms with Crippen LogP contribution < -0.4 is 0 Å². The fourth-order valence-electron chi connectivity index (χ4n) is 3.35. The molecule has 0 aromatic carbocycles. The molecule has 1 unspecified atom stereocenters. The fraction of sp³-hybridized carbons (Fsp3) is 0.840. The molecule has 31 heavy (non-hydrogen) atoms. The molecule has 0 bridgehead atoms. The number of nitrogens with zero attached hydrogens (tertiary/aromatic N) is 1. The van der Waals surface area contributed by atoms with Gasteiger partial charge in [-0.2, -0.15) is 0 Å². The molecule has 0 saturated heterocycles. The molecule has 0 aromatic heterocycles. The number of carbonyl (C=O) groups excluding carboxylic acids is 2. The Morgan fingerprint density at radius 2 is 1.39 bits per heavy atom. The maximum absolute atomic E-state index is 12.0. The number of hydrogen-bond donors (Lipinski definition) is 0. The largest absolute Gasteiger partial charge is 0.508 e. The van der Waals surface area contributed by atoms with Gasteiger partial charge in [-0.3, -0.25) is 4.79 Å². The van der Waals surface area contributed by atoms with Crippen molar-refractivity contribution in [2.75, 3.05) is 27.2 Å². The van der Waals surface area contributed by atoms with Gasteiger partial charge in [-0.1, -0.05) is 64.7 Å². The van der Waals surface area contributed by atoms with Crippen LogP contribution in [0.5, 0.6) is 0 Å². The standard InChI is InChI=1S/C25H47NO5/c1-6-7-8-9-10-11-12-13-14-15-17-23(18-19-24(27)30-22(2)3)31-25(28)29-21-16-20-26(4)5/h22-23H,2-3,6-21H2,1,4-5H3. The van der Waals surface area contributed by atoms with E-state index in [2.05, 4.69) is 20.8 Å². The van der Waals surface area contributed by atoms with Crippen molar-refractivity contribution in [1.29, 1.82) is 0 Å². The monoisotopic (exact) mass is 441 g/mol. The Bertz CT molecular complexity index is 440. The maximum atomic E-state index is 12.0. The molecule has 0 fully saturated rings. The van der Waals surface area contributed by atoms with Gasteiger partial charge in [-0.25, -0.2) is 4.79 Å². The molecule has 1 atom stereocenters. The van der Waals surface area contributed by atoms with Crippen LogP contribution in [0.15, 0.2) is 0 Å². The molecule has 182 valence electrons. The van der Waals surface area contributed by atoms with Crippen molar-refractivity contribution in [3.8, 4) is 0 Å². The molecule has 0 aliphatic rings. The lowest BCUT2D eigenvalue weighted by atomic mass is 10.0. The number of carbonyl (C=O) groups is 2. The first kappa shape index (κ1) is 29.7. The molecule has 0 amide bonds. The molecule has 0 saturated carbocycles. The first-order chi connectivity index (χ1) is 14.8. The number of ether oxygens (including phenoxy) is 3. The van der Waals surface area contributed by atoms with E-state index in [0.717, 1.165) is 32.2 Å². The first-order valence-corrected chi connectivity index (χ1v) is 12.2. The van der Waals surface area contributed by atoms with Gasteiger partial charge in [0.1, 0.15) is 12.2 Å². The Hall–Kier alpha value is -1.30. The molecular weight excluding hydrogens is 394 g/mol. The van der Waals surface area contributed by atoms with E-state index in [9.17, 15) is 9.59 Å². The van der Waals surface area contributed by atoms with E-state index in [-0.39, 0.29) is 18.5 Å². The average Bonchev–Trinajstić information content (AvgIpc) is 2.70.